The molecule has 1 aliphatic rings. The molecule has 1 fully saturated rings. The van der Waals surface area contributed by atoms with Gasteiger partial charge < -0.3 is 14.2 Å². The van der Waals surface area contributed by atoms with Crippen LogP contribution in [0.3, 0.4) is 0 Å². The number of nitrogens with one attached hydrogen (secondary N) is 1. The molecule has 3 amide bonds. The van der Waals surface area contributed by atoms with Crippen LogP contribution in [0.5, 0.6) is 0 Å². The molecule has 0 aliphatic carbocycles. The van der Waals surface area contributed by atoms with Crippen LogP contribution in [0.2, 0.25) is 0 Å². The predicted octanol–water partition coefficient (Wildman–Crippen LogP) is 1.35. The van der Waals surface area contributed by atoms with E-state index in [-0.39, 0.29) is 5.76 Å². The average molecular weight is 300 g/mol. The van der Waals surface area contributed by atoms with Gasteiger partial charge in [0.1, 0.15) is 5.82 Å². The number of aromatic nitrogens is 1. The van der Waals surface area contributed by atoms with E-state index in [1.165, 1.54) is 12.3 Å². The zero-order valence-electron chi connectivity index (χ0n) is 11.9. The molecule has 1 saturated heterocycles. The standard InChI is InChI=1S/C15H16N4O3/c20-14(12-4-3-11-22-12)17-15(21)19-9-7-18(8-10-19)13-5-1-2-6-16-13/h1-6,11H,7-10H2,(H,17,20,21). The summed E-state index contributed by atoms with van der Waals surface area (Å²) in [6.45, 7) is 2.43. The van der Waals surface area contributed by atoms with E-state index in [4.69, 9.17) is 4.42 Å². The predicted molar refractivity (Wildman–Crippen MR) is 79.6 cm³/mol. The fourth-order valence-corrected chi connectivity index (χ4v) is 2.32. The summed E-state index contributed by atoms with van der Waals surface area (Å²) in [5.41, 5.74) is 0. The first kappa shape index (κ1) is 14.1. The normalized spacial score (nSPS) is 14.7. The third-order valence-corrected chi connectivity index (χ3v) is 3.51. The Bertz CT molecular complexity index is 634. The number of rotatable bonds is 2. The van der Waals surface area contributed by atoms with Crippen molar-refractivity contribution in [1.82, 2.24) is 15.2 Å². The number of furan rings is 1. The number of amides is 3. The van der Waals surface area contributed by atoms with Gasteiger partial charge in [0.2, 0.25) is 0 Å². The van der Waals surface area contributed by atoms with Gasteiger partial charge in [-0.1, -0.05) is 6.07 Å². The first-order chi connectivity index (χ1) is 10.7. The molecule has 7 heteroatoms. The number of urea groups is 1. The number of anilines is 1. The SMILES string of the molecule is O=C(NC(=O)N1CCN(c2ccccn2)CC1)c1ccco1. The second-order valence-corrected chi connectivity index (χ2v) is 4.90. The first-order valence-electron chi connectivity index (χ1n) is 7.04. The molecule has 2 aromatic heterocycles. The van der Waals surface area contributed by atoms with Crippen LogP contribution in [-0.2, 0) is 0 Å². The smallest absolute Gasteiger partial charge is 0.324 e. The highest BCUT2D eigenvalue weighted by Crippen LogP contribution is 2.12. The Morgan fingerprint density at radius 2 is 1.91 bits per heavy atom. The molecular weight excluding hydrogens is 284 g/mol. The van der Waals surface area contributed by atoms with Crippen LogP contribution in [0, 0.1) is 0 Å². The molecule has 0 radical (unpaired) electrons. The molecule has 0 atom stereocenters. The van der Waals surface area contributed by atoms with Gasteiger partial charge in [-0.2, -0.15) is 0 Å². The summed E-state index contributed by atoms with van der Waals surface area (Å²) in [7, 11) is 0. The molecule has 2 aromatic rings. The molecule has 22 heavy (non-hydrogen) atoms. The quantitative estimate of drug-likeness (QED) is 0.905. The lowest BCUT2D eigenvalue weighted by molar-refractivity contribution is 0.0923. The van der Waals surface area contributed by atoms with Gasteiger partial charge in [-0.3, -0.25) is 10.1 Å². The van der Waals surface area contributed by atoms with Crippen molar-refractivity contribution >= 4 is 17.8 Å². The van der Waals surface area contributed by atoms with E-state index in [0.29, 0.717) is 26.2 Å². The summed E-state index contributed by atoms with van der Waals surface area (Å²) < 4.78 is 4.96. The van der Waals surface area contributed by atoms with E-state index in [0.717, 1.165) is 5.82 Å². The van der Waals surface area contributed by atoms with Crippen LogP contribution >= 0.6 is 0 Å². The zero-order valence-corrected chi connectivity index (χ0v) is 11.9. The third kappa shape index (κ3) is 3.08. The summed E-state index contributed by atoms with van der Waals surface area (Å²) >= 11 is 0. The molecule has 7 nitrogen and oxygen atoms in total. The molecule has 114 valence electrons. The van der Waals surface area contributed by atoms with Crippen molar-refractivity contribution in [2.45, 2.75) is 0 Å². The molecule has 0 spiro atoms. The molecule has 3 heterocycles. The third-order valence-electron chi connectivity index (χ3n) is 3.51. The van der Waals surface area contributed by atoms with Crippen molar-refractivity contribution in [2.75, 3.05) is 31.1 Å². The largest absolute Gasteiger partial charge is 0.459 e. The highest BCUT2D eigenvalue weighted by Gasteiger charge is 2.23. The van der Waals surface area contributed by atoms with Crippen LogP contribution in [-0.4, -0.2) is 48.0 Å². The Morgan fingerprint density at radius 3 is 2.55 bits per heavy atom. The van der Waals surface area contributed by atoms with E-state index >= 15 is 0 Å². The Morgan fingerprint density at radius 1 is 1.09 bits per heavy atom. The number of pyridine rings is 1. The van der Waals surface area contributed by atoms with E-state index in [2.05, 4.69) is 15.2 Å². The van der Waals surface area contributed by atoms with Crippen molar-refractivity contribution in [1.29, 1.82) is 0 Å². The Hall–Kier alpha value is -2.83. The Labute approximate surface area is 127 Å². The van der Waals surface area contributed by atoms with Crippen molar-refractivity contribution < 1.29 is 14.0 Å². The fraction of sp³-hybridized carbons (Fsp3) is 0.267. The number of imide groups is 1. The van der Waals surface area contributed by atoms with Gasteiger partial charge in [-0.15, -0.1) is 0 Å². The van der Waals surface area contributed by atoms with Crippen molar-refractivity contribution in [3.8, 4) is 0 Å². The highest BCUT2D eigenvalue weighted by atomic mass is 16.3. The molecule has 1 aliphatic heterocycles. The topological polar surface area (TPSA) is 78.7 Å². The highest BCUT2D eigenvalue weighted by molar-refractivity contribution is 6.02. The molecule has 0 aromatic carbocycles. The monoisotopic (exact) mass is 300 g/mol. The summed E-state index contributed by atoms with van der Waals surface area (Å²) in [6, 6.07) is 8.46. The Balaban J connectivity index is 1.53. The molecular formula is C15H16N4O3. The van der Waals surface area contributed by atoms with Gasteiger partial charge in [-0.05, 0) is 24.3 Å². The van der Waals surface area contributed by atoms with Gasteiger partial charge in [0.05, 0.1) is 6.26 Å². The Kier molecular flexibility index (Phi) is 4.04. The van der Waals surface area contributed by atoms with Crippen LogP contribution in [0.15, 0.2) is 47.2 Å². The fourth-order valence-electron chi connectivity index (χ4n) is 2.32. The minimum Gasteiger partial charge on any atom is -0.459 e. The molecule has 3 rings (SSSR count). The number of hydrogen-bond donors (Lipinski definition) is 1. The second-order valence-electron chi connectivity index (χ2n) is 4.90. The van der Waals surface area contributed by atoms with Crippen LogP contribution in [0.25, 0.3) is 0 Å². The van der Waals surface area contributed by atoms with E-state index < -0.39 is 11.9 Å². The second kappa shape index (κ2) is 6.30. The van der Waals surface area contributed by atoms with Crippen LogP contribution < -0.4 is 10.2 Å². The average Bonchev–Trinajstić information content (AvgIpc) is 3.10. The molecule has 1 N–H and O–H groups in total. The van der Waals surface area contributed by atoms with E-state index in [9.17, 15) is 9.59 Å². The van der Waals surface area contributed by atoms with Crippen LogP contribution in [0.4, 0.5) is 10.6 Å². The summed E-state index contributed by atoms with van der Waals surface area (Å²) in [5.74, 6) is 0.497. The molecule has 0 saturated carbocycles. The van der Waals surface area contributed by atoms with Gasteiger partial charge in [-0.25, -0.2) is 9.78 Å². The summed E-state index contributed by atoms with van der Waals surface area (Å²) in [5, 5.41) is 2.33. The van der Waals surface area contributed by atoms with Crippen molar-refractivity contribution in [3.05, 3.63) is 48.6 Å². The molecule has 0 unspecified atom stereocenters. The maximum Gasteiger partial charge on any atom is 0.324 e. The zero-order chi connectivity index (χ0) is 15.4. The maximum absolute atomic E-state index is 12.1. The minimum atomic E-state index is -0.526. The van der Waals surface area contributed by atoms with Crippen molar-refractivity contribution in [2.24, 2.45) is 0 Å². The van der Waals surface area contributed by atoms with Gasteiger partial charge in [0.25, 0.3) is 5.91 Å². The van der Waals surface area contributed by atoms with E-state index in [1.807, 2.05) is 18.2 Å². The first-order valence-corrected chi connectivity index (χ1v) is 7.04. The van der Waals surface area contributed by atoms with Gasteiger partial charge in [0, 0.05) is 32.4 Å². The van der Waals surface area contributed by atoms with Crippen molar-refractivity contribution in [3.63, 3.8) is 0 Å². The van der Waals surface area contributed by atoms with Crippen LogP contribution in [0.1, 0.15) is 10.6 Å². The lowest BCUT2D eigenvalue weighted by Gasteiger charge is -2.35. The number of hydrogen-bond acceptors (Lipinski definition) is 5. The molecule has 0 bridgehead atoms. The summed E-state index contributed by atoms with van der Waals surface area (Å²) in [6.07, 6.45) is 3.14. The van der Waals surface area contributed by atoms with Gasteiger partial charge >= 0.3 is 6.03 Å². The number of carbonyl (C=O) groups excluding carboxylic acids is 2. The number of piperazine rings is 1. The summed E-state index contributed by atoms with van der Waals surface area (Å²) in [4.78, 5) is 31.9. The number of nitrogens with zero attached hydrogens (tertiary/aromatic N) is 3. The maximum atomic E-state index is 12.1. The lowest BCUT2D eigenvalue weighted by atomic mass is 10.3. The lowest BCUT2D eigenvalue weighted by Crippen LogP contribution is -2.53. The van der Waals surface area contributed by atoms with Gasteiger partial charge in [0.15, 0.2) is 5.76 Å². The number of carbonyl (C=O) groups is 2. The van der Waals surface area contributed by atoms with E-state index in [1.54, 1.807) is 17.2 Å². The minimum absolute atomic E-state index is 0.125.